The van der Waals surface area contributed by atoms with Crippen molar-refractivity contribution in [2.24, 2.45) is 11.7 Å². The van der Waals surface area contributed by atoms with Gasteiger partial charge in [-0.15, -0.1) is 0 Å². The standard InChI is InChI=1S/C14H19NOS/c15-14(17)13-7-5-12(6-8-13)10-16-9-11-3-1-2-4-11/h5-8,11H,1-4,9-10H2,(H2,15,17). The summed E-state index contributed by atoms with van der Waals surface area (Å²) in [4.78, 5) is 0.448. The van der Waals surface area contributed by atoms with Crippen molar-refractivity contribution in [3.05, 3.63) is 35.4 Å². The fourth-order valence-corrected chi connectivity index (χ4v) is 2.42. The van der Waals surface area contributed by atoms with Crippen molar-refractivity contribution in [3.63, 3.8) is 0 Å². The minimum absolute atomic E-state index is 0.448. The molecule has 3 heteroatoms. The van der Waals surface area contributed by atoms with Crippen molar-refractivity contribution in [2.45, 2.75) is 32.3 Å². The van der Waals surface area contributed by atoms with Crippen LogP contribution in [-0.2, 0) is 11.3 Å². The molecule has 1 fully saturated rings. The second kappa shape index (κ2) is 6.12. The third-order valence-corrected chi connectivity index (χ3v) is 3.57. The predicted molar refractivity (Wildman–Crippen MR) is 73.9 cm³/mol. The first-order chi connectivity index (χ1) is 8.25. The summed E-state index contributed by atoms with van der Waals surface area (Å²) in [5, 5.41) is 0. The van der Waals surface area contributed by atoms with E-state index in [1.165, 1.54) is 31.2 Å². The van der Waals surface area contributed by atoms with E-state index in [-0.39, 0.29) is 0 Å². The summed E-state index contributed by atoms with van der Waals surface area (Å²) in [5.74, 6) is 0.783. The largest absolute Gasteiger partial charge is 0.389 e. The van der Waals surface area contributed by atoms with Crippen LogP contribution in [0.15, 0.2) is 24.3 Å². The highest BCUT2D eigenvalue weighted by molar-refractivity contribution is 7.80. The highest BCUT2D eigenvalue weighted by atomic mass is 32.1. The highest BCUT2D eigenvalue weighted by Crippen LogP contribution is 2.24. The molecule has 0 unspecified atom stereocenters. The van der Waals surface area contributed by atoms with Gasteiger partial charge >= 0.3 is 0 Å². The first-order valence-electron chi connectivity index (χ1n) is 6.22. The van der Waals surface area contributed by atoms with Gasteiger partial charge < -0.3 is 10.5 Å². The summed E-state index contributed by atoms with van der Waals surface area (Å²) in [6, 6.07) is 7.97. The Labute approximate surface area is 108 Å². The number of thiocarbonyl (C=S) groups is 1. The van der Waals surface area contributed by atoms with E-state index in [2.05, 4.69) is 0 Å². The predicted octanol–water partition coefficient (Wildman–Crippen LogP) is 3.03. The van der Waals surface area contributed by atoms with Gasteiger partial charge in [0.2, 0.25) is 0 Å². The van der Waals surface area contributed by atoms with E-state index in [1.54, 1.807) is 0 Å². The van der Waals surface area contributed by atoms with Gasteiger partial charge in [0.25, 0.3) is 0 Å². The summed E-state index contributed by atoms with van der Waals surface area (Å²) in [6.07, 6.45) is 5.41. The number of nitrogens with two attached hydrogens (primary N) is 1. The van der Waals surface area contributed by atoms with Crippen LogP contribution in [0.25, 0.3) is 0 Å². The molecule has 1 saturated carbocycles. The maximum atomic E-state index is 5.74. The molecular formula is C14H19NOS. The number of rotatable bonds is 5. The van der Waals surface area contributed by atoms with Crippen molar-refractivity contribution in [2.75, 3.05) is 6.61 Å². The minimum atomic E-state index is 0.448. The van der Waals surface area contributed by atoms with E-state index in [9.17, 15) is 0 Å². The molecule has 0 heterocycles. The molecule has 17 heavy (non-hydrogen) atoms. The van der Waals surface area contributed by atoms with Crippen LogP contribution in [0.1, 0.15) is 36.8 Å². The van der Waals surface area contributed by atoms with Gasteiger partial charge in [-0.25, -0.2) is 0 Å². The molecule has 0 radical (unpaired) electrons. The van der Waals surface area contributed by atoms with E-state index in [0.29, 0.717) is 11.6 Å². The molecular weight excluding hydrogens is 230 g/mol. The van der Waals surface area contributed by atoms with Crippen LogP contribution in [0.4, 0.5) is 0 Å². The van der Waals surface area contributed by atoms with Gasteiger partial charge in [-0.2, -0.15) is 0 Å². The third kappa shape index (κ3) is 3.79. The first-order valence-corrected chi connectivity index (χ1v) is 6.63. The van der Waals surface area contributed by atoms with Gasteiger partial charge in [0.1, 0.15) is 4.99 Å². The van der Waals surface area contributed by atoms with Crippen molar-refractivity contribution in [3.8, 4) is 0 Å². The van der Waals surface area contributed by atoms with Crippen LogP contribution in [0, 0.1) is 5.92 Å². The summed E-state index contributed by atoms with van der Waals surface area (Å²) >= 11 is 4.91. The molecule has 0 spiro atoms. The molecule has 2 nitrogen and oxygen atoms in total. The van der Waals surface area contributed by atoms with Gasteiger partial charge in [-0.3, -0.25) is 0 Å². The van der Waals surface area contributed by atoms with Crippen molar-refractivity contribution in [1.82, 2.24) is 0 Å². The van der Waals surface area contributed by atoms with Gasteiger partial charge in [0.05, 0.1) is 6.61 Å². The maximum absolute atomic E-state index is 5.74. The number of hydrogen-bond acceptors (Lipinski definition) is 2. The smallest absolute Gasteiger partial charge is 0.103 e. The molecule has 2 N–H and O–H groups in total. The van der Waals surface area contributed by atoms with Crippen molar-refractivity contribution < 1.29 is 4.74 Å². The van der Waals surface area contributed by atoms with Crippen molar-refractivity contribution >= 4 is 17.2 Å². The molecule has 0 amide bonds. The van der Waals surface area contributed by atoms with Gasteiger partial charge in [0, 0.05) is 12.2 Å². The van der Waals surface area contributed by atoms with E-state index >= 15 is 0 Å². The molecule has 1 aromatic carbocycles. The highest BCUT2D eigenvalue weighted by Gasteiger charge is 2.14. The Hall–Kier alpha value is -0.930. The molecule has 92 valence electrons. The molecule has 0 bridgehead atoms. The molecule has 0 saturated heterocycles. The van der Waals surface area contributed by atoms with E-state index in [4.69, 9.17) is 22.7 Å². The van der Waals surface area contributed by atoms with E-state index in [0.717, 1.165) is 18.1 Å². The third-order valence-electron chi connectivity index (χ3n) is 3.34. The zero-order valence-corrected chi connectivity index (χ0v) is 10.8. The Kier molecular flexibility index (Phi) is 4.51. The van der Waals surface area contributed by atoms with E-state index < -0.39 is 0 Å². The lowest BCUT2D eigenvalue weighted by Gasteiger charge is -2.10. The van der Waals surface area contributed by atoms with Crippen LogP contribution in [0.3, 0.4) is 0 Å². The average Bonchev–Trinajstić information content (AvgIpc) is 2.83. The summed E-state index contributed by atoms with van der Waals surface area (Å²) in [7, 11) is 0. The zero-order chi connectivity index (χ0) is 12.1. The SMILES string of the molecule is NC(=S)c1ccc(COCC2CCCC2)cc1. The quantitative estimate of drug-likeness (QED) is 0.815. The molecule has 1 aromatic rings. The number of hydrogen-bond donors (Lipinski definition) is 1. The van der Waals surface area contributed by atoms with E-state index in [1.807, 2.05) is 24.3 Å². The van der Waals surface area contributed by atoms with Crippen LogP contribution >= 0.6 is 12.2 Å². The fraction of sp³-hybridized carbons (Fsp3) is 0.500. The van der Waals surface area contributed by atoms with Crippen molar-refractivity contribution in [1.29, 1.82) is 0 Å². The van der Waals surface area contributed by atoms with Gasteiger partial charge in [-0.1, -0.05) is 49.3 Å². The van der Waals surface area contributed by atoms with Gasteiger partial charge in [0.15, 0.2) is 0 Å². The molecule has 0 aromatic heterocycles. The van der Waals surface area contributed by atoms with Crippen LogP contribution in [0.2, 0.25) is 0 Å². The topological polar surface area (TPSA) is 35.2 Å². The Morgan fingerprint density at radius 2 is 1.88 bits per heavy atom. The summed E-state index contributed by atoms with van der Waals surface area (Å²) in [6.45, 7) is 1.59. The Morgan fingerprint density at radius 3 is 2.47 bits per heavy atom. The Morgan fingerprint density at radius 1 is 1.24 bits per heavy atom. The number of benzene rings is 1. The Balaban J connectivity index is 1.76. The van der Waals surface area contributed by atoms with Gasteiger partial charge in [-0.05, 0) is 24.3 Å². The molecule has 2 rings (SSSR count). The second-order valence-electron chi connectivity index (χ2n) is 4.73. The second-order valence-corrected chi connectivity index (χ2v) is 5.17. The molecule has 1 aliphatic rings. The zero-order valence-electron chi connectivity index (χ0n) is 10.0. The lowest BCUT2D eigenvalue weighted by atomic mass is 10.1. The maximum Gasteiger partial charge on any atom is 0.103 e. The molecule has 0 atom stereocenters. The lowest BCUT2D eigenvalue weighted by Crippen LogP contribution is -2.09. The molecule has 1 aliphatic carbocycles. The van der Waals surface area contributed by atoms with Crippen LogP contribution in [-0.4, -0.2) is 11.6 Å². The Bertz CT molecular complexity index is 368. The fourth-order valence-electron chi connectivity index (χ4n) is 2.29. The van der Waals surface area contributed by atoms with Crippen LogP contribution in [0.5, 0.6) is 0 Å². The summed E-state index contributed by atoms with van der Waals surface area (Å²) < 4.78 is 5.74. The summed E-state index contributed by atoms with van der Waals surface area (Å²) in [5.41, 5.74) is 7.65. The number of ether oxygens (including phenoxy) is 1. The lowest BCUT2D eigenvalue weighted by molar-refractivity contribution is 0.0889. The minimum Gasteiger partial charge on any atom is -0.389 e. The monoisotopic (exact) mass is 249 g/mol. The first kappa shape index (κ1) is 12.5. The average molecular weight is 249 g/mol. The normalized spacial score (nSPS) is 16.2. The molecule has 0 aliphatic heterocycles. The van der Waals surface area contributed by atoms with Crippen LogP contribution < -0.4 is 5.73 Å².